The Bertz CT molecular complexity index is 304. The maximum absolute atomic E-state index is 10.4. The Kier molecular flexibility index (Phi) is 21.3. The quantitative estimate of drug-likeness (QED) is 0.188. The average molecular weight is 385 g/mol. The van der Waals surface area contributed by atoms with E-state index < -0.39 is 5.97 Å². The van der Waals surface area contributed by atoms with Gasteiger partial charge >= 0.3 is 5.97 Å². The average Bonchev–Trinajstić information content (AvgIpc) is 2.64. The highest BCUT2D eigenvalue weighted by molar-refractivity contribution is 5.66. The van der Waals surface area contributed by atoms with Crippen molar-refractivity contribution in [1.82, 2.24) is 0 Å². The maximum Gasteiger partial charge on any atom is 0.303 e. The third-order valence-corrected chi connectivity index (χ3v) is 5.57. The molecule has 0 aliphatic rings. The van der Waals surface area contributed by atoms with E-state index in [0.29, 0.717) is 6.42 Å². The van der Waals surface area contributed by atoms with Crippen molar-refractivity contribution >= 4 is 5.97 Å². The van der Waals surface area contributed by atoms with Gasteiger partial charge < -0.3 is 10.2 Å². The lowest BCUT2D eigenvalue weighted by atomic mass is 10.0. The van der Waals surface area contributed by atoms with Crippen LogP contribution in [-0.2, 0) is 4.79 Å². The van der Waals surface area contributed by atoms with Gasteiger partial charge in [0, 0.05) is 6.42 Å². The molecule has 0 radical (unpaired) electrons. The zero-order chi connectivity index (χ0) is 20.0. The summed E-state index contributed by atoms with van der Waals surface area (Å²) in [5.41, 5.74) is 0. The van der Waals surface area contributed by atoms with Crippen LogP contribution in [0.5, 0.6) is 0 Å². The third-order valence-electron chi connectivity index (χ3n) is 5.57. The van der Waals surface area contributed by atoms with Gasteiger partial charge in [-0.25, -0.2) is 0 Å². The first kappa shape index (κ1) is 26.4. The summed E-state index contributed by atoms with van der Waals surface area (Å²) in [5.74, 6) is -0.734. The van der Waals surface area contributed by atoms with E-state index in [1.54, 1.807) is 0 Å². The van der Waals surface area contributed by atoms with Crippen LogP contribution in [0.15, 0.2) is 0 Å². The number of hydrogen-bond acceptors (Lipinski definition) is 2. The number of aliphatic hydroxyl groups is 1. The van der Waals surface area contributed by atoms with Crippen molar-refractivity contribution in [3.8, 4) is 0 Å². The molecule has 0 aliphatic carbocycles. The molecule has 0 amide bonds. The highest BCUT2D eigenvalue weighted by Gasteiger charge is 2.04. The summed E-state index contributed by atoms with van der Waals surface area (Å²) in [6, 6.07) is 0. The van der Waals surface area contributed by atoms with Crippen LogP contribution in [-0.4, -0.2) is 22.3 Å². The Morgan fingerprint density at radius 1 is 0.593 bits per heavy atom. The monoisotopic (exact) mass is 384 g/mol. The van der Waals surface area contributed by atoms with Gasteiger partial charge in [0.15, 0.2) is 0 Å². The summed E-state index contributed by atoms with van der Waals surface area (Å²) in [6.07, 6.45) is 25.1. The Morgan fingerprint density at radius 2 is 0.926 bits per heavy atom. The van der Waals surface area contributed by atoms with E-state index in [2.05, 4.69) is 6.92 Å². The first-order valence-electron chi connectivity index (χ1n) is 12.1. The minimum absolute atomic E-state index is 0.228. The number of carboxylic acids is 1. The summed E-state index contributed by atoms with van der Waals surface area (Å²) >= 11 is 0. The molecule has 0 fully saturated rings. The van der Waals surface area contributed by atoms with Gasteiger partial charge in [-0.05, 0) is 19.3 Å². The van der Waals surface area contributed by atoms with Crippen molar-refractivity contribution < 1.29 is 15.0 Å². The second-order valence-electron chi connectivity index (χ2n) is 8.39. The third kappa shape index (κ3) is 23.4. The molecule has 0 aromatic rings. The smallest absolute Gasteiger partial charge is 0.303 e. The standard InChI is InChI=1S/C24H48O3/c1-2-3-4-5-6-7-8-9-10-11-12-13-14-15-16-17-20-23(25)21-18-19-22-24(26)27/h23,25H,2-22H2,1H3,(H,26,27). The minimum atomic E-state index is -0.734. The molecule has 3 heteroatoms. The number of rotatable bonds is 22. The summed E-state index contributed by atoms with van der Waals surface area (Å²) < 4.78 is 0. The zero-order valence-corrected chi connectivity index (χ0v) is 18.2. The molecule has 0 saturated carbocycles. The van der Waals surface area contributed by atoms with E-state index in [9.17, 15) is 9.90 Å². The molecule has 0 rings (SSSR count). The lowest BCUT2D eigenvalue weighted by molar-refractivity contribution is -0.137. The number of aliphatic carboxylic acids is 1. The fourth-order valence-electron chi connectivity index (χ4n) is 3.73. The van der Waals surface area contributed by atoms with E-state index in [-0.39, 0.29) is 12.5 Å². The summed E-state index contributed by atoms with van der Waals surface area (Å²) in [4.78, 5) is 10.4. The van der Waals surface area contributed by atoms with Crippen molar-refractivity contribution in [2.45, 2.75) is 148 Å². The molecule has 0 spiro atoms. The van der Waals surface area contributed by atoms with Gasteiger partial charge in [0.25, 0.3) is 0 Å². The van der Waals surface area contributed by atoms with Gasteiger partial charge in [-0.2, -0.15) is 0 Å². The number of carbonyl (C=O) groups is 1. The largest absolute Gasteiger partial charge is 0.481 e. The highest BCUT2D eigenvalue weighted by atomic mass is 16.4. The van der Waals surface area contributed by atoms with Gasteiger partial charge in [-0.15, -0.1) is 0 Å². The van der Waals surface area contributed by atoms with E-state index in [4.69, 9.17) is 5.11 Å². The van der Waals surface area contributed by atoms with Crippen LogP contribution in [0.2, 0.25) is 0 Å². The first-order chi connectivity index (χ1) is 13.2. The van der Waals surface area contributed by atoms with E-state index in [0.717, 1.165) is 25.7 Å². The lowest BCUT2D eigenvalue weighted by Gasteiger charge is -2.09. The SMILES string of the molecule is CCCCCCCCCCCCCCCCCCC(O)CCCCC(=O)O. The van der Waals surface area contributed by atoms with Crippen LogP contribution >= 0.6 is 0 Å². The predicted octanol–water partition coefficient (Wildman–Crippen LogP) is 7.64. The molecule has 0 bridgehead atoms. The van der Waals surface area contributed by atoms with Gasteiger partial charge in [0.2, 0.25) is 0 Å². The summed E-state index contributed by atoms with van der Waals surface area (Å²) in [6.45, 7) is 2.28. The molecule has 0 heterocycles. The van der Waals surface area contributed by atoms with Crippen molar-refractivity contribution in [3.63, 3.8) is 0 Å². The Hall–Kier alpha value is -0.570. The molecule has 0 aromatic carbocycles. The van der Waals surface area contributed by atoms with Gasteiger partial charge in [0.1, 0.15) is 0 Å². The number of carboxylic acid groups (broad SMARTS) is 1. The van der Waals surface area contributed by atoms with Gasteiger partial charge in [-0.3, -0.25) is 4.79 Å². The fraction of sp³-hybridized carbons (Fsp3) is 0.958. The Labute approximate surface area is 169 Å². The predicted molar refractivity (Wildman–Crippen MR) is 116 cm³/mol. The van der Waals surface area contributed by atoms with Crippen molar-refractivity contribution in [2.75, 3.05) is 0 Å². The van der Waals surface area contributed by atoms with Crippen molar-refractivity contribution in [2.24, 2.45) is 0 Å². The van der Waals surface area contributed by atoms with E-state index in [1.165, 1.54) is 96.3 Å². The van der Waals surface area contributed by atoms with Crippen LogP contribution < -0.4 is 0 Å². The second-order valence-corrected chi connectivity index (χ2v) is 8.39. The van der Waals surface area contributed by atoms with E-state index in [1.807, 2.05) is 0 Å². The molecule has 1 unspecified atom stereocenters. The maximum atomic E-state index is 10.4. The Morgan fingerprint density at radius 3 is 1.30 bits per heavy atom. The topological polar surface area (TPSA) is 57.5 Å². The number of hydrogen-bond donors (Lipinski definition) is 2. The van der Waals surface area contributed by atoms with Gasteiger partial charge in [0.05, 0.1) is 6.10 Å². The minimum Gasteiger partial charge on any atom is -0.481 e. The van der Waals surface area contributed by atoms with Crippen LogP contribution in [0, 0.1) is 0 Å². The zero-order valence-electron chi connectivity index (χ0n) is 18.2. The van der Waals surface area contributed by atoms with Crippen molar-refractivity contribution in [1.29, 1.82) is 0 Å². The van der Waals surface area contributed by atoms with Gasteiger partial charge in [-0.1, -0.05) is 116 Å². The molecular formula is C24H48O3. The normalized spacial score (nSPS) is 12.4. The van der Waals surface area contributed by atoms with Crippen LogP contribution in [0.1, 0.15) is 142 Å². The molecule has 0 aliphatic heterocycles. The van der Waals surface area contributed by atoms with Crippen LogP contribution in [0.3, 0.4) is 0 Å². The van der Waals surface area contributed by atoms with E-state index >= 15 is 0 Å². The number of unbranched alkanes of at least 4 members (excludes halogenated alkanes) is 16. The molecule has 2 N–H and O–H groups in total. The van der Waals surface area contributed by atoms with Crippen LogP contribution in [0.25, 0.3) is 0 Å². The summed E-state index contributed by atoms with van der Waals surface area (Å²) in [7, 11) is 0. The molecule has 0 aromatic heterocycles. The number of aliphatic hydroxyl groups excluding tert-OH is 1. The molecule has 1 atom stereocenters. The summed E-state index contributed by atoms with van der Waals surface area (Å²) in [5, 5.41) is 18.5. The Balaban J connectivity index is 3.11. The molecule has 3 nitrogen and oxygen atoms in total. The lowest BCUT2D eigenvalue weighted by Crippen LogP contribution is -2.06. The molecular weight excluding hydrogens is 336 g/mol. The first-order valence-corrected chi connectivity index (χ1v) is 12.1. The van der Waals surface area contributed by atoms with Crippen LogP contribution in [0.4, 0.5) is 0 Å². The highest BCUT2D eigenvalue weighted by Crippen LogP contribution is 2.15. The molecule has 0 saturated heterocycles. The second kappa shape index (κ2) is 21.7. The molecule has 27 heavy (non-hydrogen) atoms. The van der Waals surface area contributed by atoms with Crippen molar-refractivity contribution in [3.05, 3.63) is 0 Å². The molecule has 162 valence electrons. The fourth-order valence-corrected chi connectivity index (χ4v) is 3.73.